The Morgan fingerprint density at radius 1 is 1.41 bits per heavy atom. The molecule has 0 radical (unpaired) electrons. The molecule has 0 amide bonds. The molecule has 0 atom stereocenters. The first kappa shape index (κ1) is 12.8. The Hall–Kier alpha value is -2.94. The molecular formula is C16H14N6. The Bertz CT molecular complexity index is 902. The van der Waals surface area contributed by atoms with Crippen molar-refractivity contribution < 1.29 is 0 Å². The molecule has 108 valence electrons. The van der Waals surface area contributed by atoms with E-state index < -0.39 is 0 Å². The van der Waals surface area contributed by atoms with Gasteiger partial charge in [0.1, 0.15) is 12.0 Å². The van der Waals surface area contributed by atoms with Crippen molar-refractivity contribution in [2.75, 3.05) is 0 Å². The highest BCUT2D eigenvalue weighted by Gasteiger charge is 2.42. The topological polar surface area (TPSA) is 83.2 Å². The monoisotopic (exact) mass is 290 g/mol. The van der Waals surface area contributed by atoms with Crippen LogP contribution in [0.1, 0.15) is 19.3 Å². The lowest BCUT2D eigenvalue weighted by atomic mass is 9.71. The van der Waals surface area contributed by atoms with Crippen molar-refractivity contribution in [1.29, 1.82) is 5.26 Å². The Kier molecular flexibility index (Phi) is 2.63. The Balaban J connectivity index is 1.77. The van der Waals surface area contributed by atoms with Gasteiger partial charge in [-0.2, -0.15) is 10.4 Å². The van der Waals surface area contributed by atoms with Crippen LogP contribution in [0.4, 0.5) is 0 Å². The summed E-state index contributed by atoms with van der Waals surface area (Å²) in [6.45, 7) is 3.99. The maximum Gasteiger partial charge on any atom is 0.141 e. The van der Waals surface area contributed by atoms with Gasteiger partial charge >= 0.3 is 0 Å². The van der Waals surface area contributed by atoms with E-state index >= 15 is 0 Å². The number of nitriles is 1. The number of hydrogen-bond acceptors (Lipinski definition) is 4. The Morgan fingerprint density at radius 3 is 3.05 bits per heavy atom. The normalized spacial score (nSPS) is 16.4. The van der Waals surface area contributed by atoms with Crippen LogP contribution in [0.3, 0.4) is 0 Å². The summed E-state index contributed by atoms with van der Waals surface area (Å²) in [4.78, 5) is 11.7. The second-order valence-electron chi connectivity index (χ2n) is 5.80. The molecule has 6 nitrogen and oxygen atoms in total. The van der Waals surface area contributed by atoms with E-state index in [1.54, 1.807) is 12.5 Å². The second kappa shape index (κ2) is 4.53. The molecular weight excluding hydrogens is 276 g/mol. The number of fused-ring (bicyclic) bond motifs is 1. The number of nitrogens with zero attached hydrogens (tertiary/aromatic N) is 5. The van der Waals surface area contributed by atoms with Crippen molar-refractivity contribution in [2.24, 2.45) is 0 Å². The minimum atomic E-state index is -0.242. The van der Waals surface area contributed by atoms with E-state index in [0.717, 1.165) is 35.1 Å². The number of aromatic nitrogens is 5. The van der Waals surface area contributed by atoms with Crippen molar-refractivity contribution in [1.82, 2.24) is 24.7 Å². The van der Waals surface area contributed by atoms with Gasteiger partial charge in [0.05, 0.1) is 29.9 Å². The maximum atomic E-state index is 9.11. The van der Waals surface area contributed by atoms with Gasteiger partial charge in [-0.15, -0.1) is 0 Å². The van der Waals surface area contributed by atoms with E-state index in [1.165, 1.54) is 5.57 Å². The Morgan fingerprint density at radius 2 is 2.27 bits per heavy atom. The molecule has 0 bridgehead atoms. The zero-order valence-corrected chi connectivity index (χ0v) is 12.0. The molecule has 0 spiro atoms. The molecule has 6 heteroatoms. The van der Waals surface area contributed by atoms with Crippen LogP contribution in [0.5, 0.6) is 0 Å². The minimum absolute atomic E-state index is 0.242. The van der Waals surface area contributed by atoms with Crippen LogP contribution >= 0.6 is 0 Å². The zero-order valence-electron chi connectivity index (χ0n) is 12.0. The van der Waals surface area contributed by atoms with Gasteiger partial charge in [-0.3, -0.25) is 4.68 Å². The maximum absolute atomic E-state index is 9.11. The van der Waals surface area contributed by atoms with Gasteiger partial charge in [0, 0.05) is 23.3 Å². The first-order valence-corrected chi connectivity index (χ1v) is 7.09. The third-order valence-corrected chi connectivity index (χ3v) is 4.26. The Labute approximate surface area is 127 Å². The summed E-state index contributed by atoms with van der Waals surface area (Å²) >= 11 is 0. The highest BCUT2D eigenvalue weighted by molar-refractivity contribution is 5.89. The minimum Gasteiger partial charge on any atom is -0.346 e. The first-order valence-electron chi connectivity index (χ1n) is 7.09. The molecule has 22 heavy (non-hydrogen) atoms. The molecule has 1 N–H and O–H groups in total. The van der Waals surface area contributed by atoms with Crippen LogP contribution in [0.25, 0.3) is 22.3 Å². The fraction of sp³-hybridized carbons (Fsp3) is 0.250. The van der Waals surface area contributed by atoms with Gasteiger partial charge in [0.25, 0.3) is 0 Å². The molecule has 1 saturated carbocycles. The van der Waals surface area contributed by atoms with Crippen molar-refractivity contribution in [2.45, 2.75) is 24.8 Å². The van der Waals surface area contributed by atoms with Crippen molar-refractivity contribution in [3.63, 3.8) is 0 Å². The predicted octanol–water partition coefficient (Wildman–Crippen LogP) is 2.78. The lowest BCUT2D eigenvalue weighted by Gasteiger charge is -2.42. The summed E-state index contributed by atoms with van der Waals surface area (Å²) in [5, 5.41) is 14.6. The smallest absolute Gasteiger partial charge is 0.141 e. The highest BCUT2D eigenvalue weighted by Crippen LogP contribution is 2.45. The lowest BCUT2D eigenvalue weighted by Crippen LogP contribution is -2.42. The van der Waals surface area contributed by atoms with Gasteiger partial charge in [-0.05, 0) is 18.9 Å². The van der Waals surface area contributed by atoms with Crippen LogP contribution in [0.2, 0.25) is 0 Å². The third kappa shape index (κ3) is 1.76. The fourth-order valence-corrected chi connectivity index (χ4v) is 3.20. The van der Waals surface area contributed by atoms with E-state index in [4.69, 9.17) is 5.26 Å². The van der Waals surface area contributed by atoms with Crippen LogP contribution in [-0.4, -0.2) is 24.7 Å². The van der Waals surface area contributed by atoms with Gasteiger partial charge in [-0.25, -0.2) is 9.97 Å². The van der Waals surface area contributed by atoms with E-state index in [0.29, 0.717) is 6.42 Å². The zero-order chi connectivity index (χ0) is 15.2. The van der Waals surface area contributed by atoms with Gasteiger partial charge < -0.3 is 4.98 Å². The highest BCUT2D eigenvalue weighted by atomic mass is 15.3. The summed E-state index contributed by atoms with van der Waals surface area (Å²) in [5.74, 6) is 0. The molecule has 0 saturated heterocycles. The number of aromatic amines is 1. The van der Waals surface area contributed by atoms with Crippen LogP contribution in [0, 0.1) is 11.3 Å². The molecule has 3 aromatic heterocycles. The number of nitrogens with one attached hydrogen (secondary N) is 1. The molecule has 0 unspecified atom stereocenters. The van der Waals surface area contributed by atoms with Crippen LogP contribution in [0.15, 0.2) is 43.1 Å². The van der Waals surface area contributed by atoms with Crippen molar-refractivity contribution >= 4 is 11.0 Å². The van der Waals surface area contributed by atoms with E-state index in [9.17, 15) is 0 Å². The van der Waals surface area contributed by atoms with Crippen molar-refractivity contribution in [3.05, 3.63) is 43.1 Å². The largest absolute Gasteiger partial charge is 0.346 e. The number of allylic oxidation sites excluding steroid dienone is 1. The summed E-state index contributed by atoms with van der Waals surface area (Å²) in [7, 11) is 0. The number of hydrogen-bond donors (Lipinski definition) is 1. The quantitative estimate of drug-likeness (QED) is 0.752. The standard InChI is InChI=1S/C16H14N6/c1-11-6-16(7-11,3-4-17)22-9-12(8-21-22)14-13-2-5-18-15(13)20-10-19-14/h2,5,8-10H,1,3,6-7H2,(H,18,19,20). The van der Waals surface area contributed by atoms with E-state index in [-0.39, 0.29) is 5.54 Å². The SMILES string of the molecule is C=C1CC(CC#N)(n2cc(-c3ncnc4[nH]ccc34)cn2)C1. The van der Waals surface area contributed by atoms with Crippen molar-refractivity contribution in [3.8, 4) is 17.3 Å². The number of H-pyrrole nitrogens is 1. The van der Waals surface area contributed by atoms with Crippen LogP contribution < -0.4 is 0 Å². The van der Waals surface area contributed by atoms with E-state index in [2.05, 4.69) is 32.7 Å². The predicted molar refractivity (Wildman–Crippen MR) is 81.7 cm³/mol. The van der Waals surface area contributed by atoms with Gasteiger partial charge in [0.2, 0.25) is 0 Å². The first-order chi connectivity index (χ1) is 10.7. The third-order valence-electron chi connectivity index (χ3n) is 4.26. The molecule has 0 aliphatic heterocycles. The molecule has 1 aliphatic carbocycles. The molecule has 3 heterocycles. The summed E-state index contributed by atoms with van der Waals surface area (Å²) < 4.78 is 1.90. The average molecular weight is 290 g/mol. The van der Waals surface area contributed by atoms with Gasteiger partial charge in [0.15, 0.2) is 0 Å². The summed E-state index contributed by atoms with van der Waals surface area (Å²) in [6, 6.07) is 4.23. The number of rotatable bonds is 3. The molecule has 1 aliphatic rings. The average Bonchev–Trinajstić information content (AvgIpc) is 3.14. The molecule has 1 fully saturated rings. The summed E-state index contributed by atoms with van der Waals surface area (Å²) in [5.41, 5.74) is 3.52. The fourth-order valence-electron chi connectivity index (χ4n) is 3.20. The molecule has 3 aromatic rings. The van der Waals surface area contributed by atoms with Gasteiger partial charge in [-0.1, -0.05) is 12.2 Å². The van der Waals surface area contributed by atoms with E-state index in [1.807, 2.05) is 23.1 Å². The van der Waals surface area contributed by atoms with Crippen LogP contribution in [-0.2, 0) is 5.54 Å². The molecule has 0 aromatic carbocycles. The molecule has 4 rings (SSSR count). The lowest BCUT2D eigenvalue weighted by molar-refractivity contribution is 0.192. The second-order valence-corrected chi connectivity index (χ2v) is 5.80. The summed E-state index contributed by atoms with van der Waals surface area (Å²) in [6.07, 6.45) is 9.22.